The van der Waals surface area contributed by atoms with Crippen LogP contribution in [0.2, 0.25) is 0 Å². The molecule has 1 fully saturated rings. The van der Waals surface area contributed by atoms with Gasteiger partial charge in [0, 0.05) is 24.7 Å². The zero-order valence-electron chi connectivity index (χ0n) is 11.2. The number of piperidine rings is 1. The molecule has 20 heavy (non-hydrogen) atoms. The minimum Gasteiger partial charge on any atom is -0.310 e. The Balaban J connectivity index is 2.03. The Kier molecular flexibility index (Phi) is 4.72. The van der Waals surface area contributed by atoms with Gasteiger partial charge in [0.05, 0.1) is 0 Å². The van der Waals surface area contributed by atoms with Gasteiger partial charge in [-0.25, -0.2) is 21.9 Å². The molecule has 2 unspecified atom stereocenters. The van der Waals surface area contributed by atoms with Gasteiger partial charge in [-0.2, -0.15) is 0 Å². The van der Waals surface area contributed by atoms with E-state index in [-0.39, 0.29) is 12.6 Å². The van der Waals surface area contributed by atoms with Crippen LogP contribution in [0.1, 0.15) is 26.2 Å². The fourth-order valence-electron chi connectivity index (χ4n) is 2.38. The average molecular weight is 304 g/mol. The molecule has 0 aliphatic carbocycles. The Hall–Kier alpha value is -1.05. The van der Waals surface area contributed by atoms with Crippen LogP contribution < -0.4 is 10.0 Å². The molecule has 0 radical (unpaired) electrons. The third-order valence-electron chi connectivity index (χ3n) is 3.41. The number of nitrogens with one attached hydrogen (secondary N) is 2. The summed E-state index contributed by atoms with van der Waals surface area (Å²) in [5, 5.41) is 3.28. The first-order valence-electron chi connectivity index (χ1n) is 6.59. The van der Waals surface area contributed by atoms with E-state index in [1.807, 2.05) is 6.92 Å². The van der Waals surface area contributed by atoms with E-state index in [0.29, 0.717) is 12.1 Å². The van der Waals surface area contributed by atoms with Gasteiger partial charge < -0.3 is 5.32 Å². The first-order chi connectivity index (χ1) is 9.38. The molecule has 0 spiro atoms. The summed E-state index contributed by atoms with van der Waals surface area (Å²) in [7, 11) is -3.96. The molecule has 2 rings (SSSR count). The summed E-state index contributed by atoms with van der Waals surface area (Å²) >= 11 is 0. The normalized spacial score (nSPS) is 23.8. The summed E-state index contributed by atoms with van der Waals surface area (Å²) in [6.07, 6.45) is 2.97. The quantitative estimate of drug-likeness (QED) is 0.891. The lowest BCUT2D eigenvalue weighted by Gasteiger charge is -2.28. The van der Waals surface area contributed by atoms with Crippen molar-refractivity contribution in [1.82, 2.24) is 10.0 Å². The SMILES string of the molecule is CC1CCCC(CNS(=O)(=O)c2ccc(F)cc2F)N1. The van der Waals surface area contributed by atoms with Crippen molar-refractivity contribution < 1.29 is 17.2 Å². The molecule has 0 amide bonds. The smallest absolute Gasteiger partial charge is 0.243 e. The van der Waals surface area contributed by atoms with Crippen LogP contribution >= 0.6 is 0 Å². The van der Waals surface area contributed by atoms with Crippen molar-refractivity contribution >= 4 is 10.0 Å². The largest absolute Gasteiger partial charge is 0.310 e. The maximum atomic E-state index is 13.5. The van der Waals surface area contributed by atoms with Crippen molar-refractivity contribution in [3.05, 3.63) is 29.8 Å². The Labute approximate surface area is 117 Å². The Morgan fingerprint density at radius 2 is 2.10 bits per heavy atom. The van der Waals surface area contributed by atoms with Crippen molar-refractivity contribution in [2.75, 3.05) is 6.54 Å². The van der Waals surface area contributed by atoms with E-state index in [2.05, 4.69) is 10.0 Å². The highest BCUT2D eigenvalue weighted by Crippen LogP contribution is 2.16. The van der Waals surface area contributed by atoms with Gasteiger partial charge in [-0.05, 0) is 31.9 Å². The molecule has 1 aromatic carbocycles. The van der Waals surface area contributed by atoms with Gasteiger partial charge in [0.1, 0.15) is 16.5 Å². The van der Waals surface area contributed by atoms with E-state index < -0.39 is 26.6 Å². The molecule has 112 valence electrons. The zero-order chi connectivity index (χ0) is 14.8. The zero-order valence-corrected chi connectivity index (χ0v) is 12.0. The maximum Gasteiger partial charge on any atom is 0.243 e. The lowest BCUT2D eigenvalue weighted by atomic mass is 10.00. The lowest BCUT2D eigenvalue weighted by molar-refractivity contribution is 0.334. The van der Waals surface area contributed by atoms with E-state index in [9.17, 15) is 17.2 Å². The van der Waals surface area contributed by atoms with E-state index in [0.717, 1.165) is 31.4 Å². The predicted octanol–water partition coefficient (Wildman–Crippen LogP) is 1.77. The van der Waals surface area contributed by atoms with Gasteiger partial charge in [0.15, 0.2) is 0 Å². The molecule has 1 aromatic rings. The minimum absolute atomic E-state index is 0.0389. The molecule has 0 bridgehead atoms. The first-order valence-corrected chi connectivity index (χ1v) is 8.07. The fourth-order valence-corrected chi connectivity index (χ4v) is 3.52. The predicted molar refractivity (Wildman–Crippen MR) is 71.8 cm³/mol. The molecule has 1 saturated heterocycles. The van der Waals surface area contributed by atoms with Crippen molar-refractivity contribution in [3.63, 3.8) is 0 Å². The molecule has 0 aromatic heterocycles. The molecule has 2 N–H and O–H groups in total. The topological polar surface area (TPSA) is 58.2 Å². The molecule has 2 atom stereocenters. The van der Waals surface area contributed by atoms with Crippen LogP contribution in [0.4, 0.5) is 8.78 Å². The Bertz CT molecular complexity index is 578. The number of benzene rings is 1. The van der Waals surface area contributed by atoms with Crippen LogP contribution in [0.15, 0.2) is 23.1 Å². The molecular formula is C13H18F2N2O2S. The number of hydrogen-bond donors (Lipinski definition) is 2. The molecule has 1 aliphatic rings. The molecule has 4 nitrogen and oxygen atoms in total. The summed E-state index contributed by atoms with van der Waals surface area (Å²) in [6.45, 7) is 2.24. The summed E-state index contributed by atoms with van der Waals surface area (Å²) in [5.41, 5.74) is 0. The van der Waals surface area contributed by atoms with E-state index in [1.165, 1.54) is 0 Å². The first kappa shape index (κ1) is 15.3. The van der Waals surface area contributed by atoms with Gasteiger partial charge in [-0.1, -0.05) is 6.42 Å². The van der Waals surface area contributed by atoms with Crippen LogP contribution in [-0.4, -0.2) is 27.0 Å². The second-order valence-electron chi connectivity index (χ2n) is 5.12. The van der Waals surface area contributed by atoms with Crippen molar-refractivity contribution in [2.24, 2.45) is 0 Å². The van der Waals surface area contributed by atoms with Crippen LogP contribution in [-0.2, 0) is 10.0 Å². The molecular weight excluding hydrogens is 286 g/mol. The number of rotatable bonds is 4. The number of hydrogen-bond acceptors (Lipinski definition) is 3. The van der Waals surface area contributed by atoms with Crippen LogP contribution in [0, 0.1) is 11.6 Å². The van der Waals surface area contributed by atoms with Crippen molar-refractivity contribution in [1.29, 1.82) is 0 Å². The second kappa shape index (κ2) is 6.15. The number of sulfonamides is 1. The maximum absolute atomic E-state index is 13.5. The van der Waals surface area contributed by atoms with Gasteiger partial charge in [0.2, 0.25) is 10.0 Å². The molecule has 1 heterocycles. The van der Waals surface area contributed by atoms with Gasteiger partial charge in [-0.3, -0.25) is 0 Å². The summed E-state index contributed by atoms with van der Waals surface area (Å²) in [6, 6.07) is 2.82. The van der Waals surface area contributed by atoms with Crippen LogP contribution in [0.5, 0.6) is 0 Å². The van der Waals surface area contributed by atoms with Crippen molar-refractivity contribution in [3.8, 4) is 0 Å². The monoisotopic (exact) mass is 304 g/mol. The standard InChI is InChI=1S/C13H18F2N2O2S/c1-9-3-2-4-11(17-9)8-16-20(18,19)13-6-5-10(14)7-12(13)15/h5-7,9,11,16-17H,2-4,8H2,1H3. The highest BCUT2D eigenvalue weighted by Gasteiger charge is 2.23. The van der Waals surface area contributed by atoms with Gasteiger partial charge in [0.25, 0.3) is 0 Å². The Morgan fingerprint density at radius 3 is 2.75 bits per heavy atom. The Morgan fingerprint density at radius 1 is 1.35 bits per heavy atom. The third-order valence-corrected chi connectivity index (χ3v) is 4.87. The van der Waals surface area contributed by atoms with Crippen LogP contribution in [0.3, 0.4) is 0 Å². The molecule has 1 aliphatic heterocycles. The van der Waals surface area contributed by atoms with E-state index in [4.69, 9.17) is 0 Å². The summed E-state index contributed by atoms with van der Waals surface area (Å²) in [5.74, 6) is -1.88. The van der Waals surface area contributed by atoms with Gasteiger partial charge >= 0.3 is 0 Å². The highest BCUT2D eigenvalue weighted by molar-refractivity contribution is 7.89. The fraction of sp³-hybridized carbons (Fsp3) is 0.538. The minimum atomic E-state index is -3.96. The summed E-state index contributed by atoms with van der Waals surface area (Å²) in [4.78, 5) is -0.525. The average Bonchev–Trinajstić information content (AvgIpc) is 2.36. The second-order valence-corrected chi connectivity index (χ2v) is 6.86. The summed E-state index contributed by atoms with van der Waals surface area (Å²) < 4.78 is 52.6. The highest BCUT2D eigenvalue weighted by atomic mass is 32.2. The van der Waals surface area contributed by atoms with Crippen LogP contribution in [0.25, 0.3) is 0 Å². The molecule has 0 saturated carbocycles. The van der Waals surface area contributed by atoms with Crippen molar-refractivity contribution in [2.45, 2.75) is 43.2 Å². The number of halogens is 2. The van der Waals surface area contributed by atoms with E-state index in [1.54, 1.807) is 0 Å². The lowest BCUT2D eigenvalue weighted by Crippen LogP contribution is -2.47. The molecule has 7 heteroatoms. The van der Waals surface area contributed by atoms with Gasteiger partial charge in [-0.15, -0.1) is 0 Å². The van der Waals surface area contributed by atoms with E-state index >= 15 is 0 Å². The third kappa shape index (κ3) is 3.74.